The van der Waals surface area contributed by atoms with Crippen LogP contribution in [0, 0.1) is 0 Å². The second-order valence-corrected chi connectivity index (χ2v) is 7.46. The Morgan fingerprint density at radius 1 is 1.14 bits per heavy atom. The number of hydrogen-bond donors (Lipinski definition) is 1. The van der Waals surface area contributed by atoms with Crippen LogP contribution in [0.15, 0.2) is 18.3 Å². The summed E-state index contributed by atoms with van der Waals surface area (Å²) in [6.45, 7) is 12.9. The van der Waals surface area contributed by atoms with Crippen LogP contribution < -0.4 is 5.32 Å². The van der Waals surface area contributed by atoms with E-state index >= 15 is 0 Å². The number of aromatic nitrogens is 1. The monoisotopic (exact) mass is 293 g/mol. The van der Waals surface area contributed by atoms with Gasteiger partial charge in [0.1, 0.15) is 0 Å². The van der Waals surface area contributed by atoms with Crippen molar-refractivity contribution in [3.05, 3.63) is 29.6 Å². The summed E-state index contributed by atoms with van der Waals surface area (Å²) in [6, 6.07) is 4.16. The minimum atomic E-state index is 0.0383. The largest absolute Gasteiger partial charge is 0.373 e. The lowest BCUT2D eigenvalue weighted by molar-refractivity contribution is 0.0262. The first kappa shape index (κ1) is 18.1. The molecule has 120 valence electrons. The van der Waals surface area contributed by atoms with E-state index in [4.69, 9.17) is 4.74 Å². The molecule has 0 unspecified atom stereocenters. The first-order valence-electron chi connectivity index (χ1n) is 7.54. The zero-order chi connectivity index (χ0) is 16.1. The van der Waals surface area contributed by atoms with Gasteiger partial charge in [0.15, 0.2) is 0 Å². The van der Waals surface area contributed by atoms with Gasteiger partial charge in [0, 0.05) is 23.8 Å². The number of rotatable bonds is 7. The van der Waals surface area contributed by atoms with Crippen molar-refractivity contribution in [3.8, 4) is 0 Å². The van der Waals surface area contributed by atoms with Crippen LogP contribution in [0.25, 0.3) is 0 Å². The Bertz CT molecular complexity index is 419. The highest BCUT2D eigenvalue weighted by molar-refractivity contribution is 5.13. The molecular formula is C17H31N3O. The molecule has 0 saturated heterocycles. The third-order valence-corrected chi connectivity index (χ3v) is 3.62. The van der Waals surface area contributed by atoms with Crippen LogP contribution in [0.2, 0.25) is 0 Å². The Labute approximate surface area is 129 Å². The van der Waals surface area contributed by atoms with Crippen LogP contribution in [-0.4, -0.2) is 41.7 Å². The van der Waals surface area contributed by atoms with Crippen molar-refractivity contribution in [1.82, 2.24) is 15.2 Å². The molecule has 1 aromatic heterocycles. The van der Waals surface area contributed by atoms with Crippen molar-refractivity contribution in [3.63, 3.8) is 0 Å². The number of nitrogens with one attached hydrogen (secondary N) is 1. The molecule has 1 rings (SSSR count). The second-order valence-electron chi connectivity index (χ2n) is 7.46. The maximum absolute atomic E-state index is 5.78. The molecule has 0 saturated carbocycles. The van der Waals surface area contributed by atoms with Gasteiger partial charge in [-0.3, -0.25) is 4.98 Å². The lowest BCUT2D eigenvalue weighted by Crippen LogP contribution is -2.42. The van der Waals surface area contributed by atoms with E-state index in [9.17, 15) is 0 Å². The minimum absolute atomic E-state index is 0.0383. The highest BCUT2D eigenvalue weighted by Crippen LogP contribution is 2.11. The van der Waals surface area contributed by atoms with Gasteiger partial charge in [-0.15, -0.1) is 0 Å². The molecule has 0 spiro atoms. The number of pyridine rings is 1. The molecule has 0 atom stereocenters. The molecule has 0 radical (unpaired) electrons. The van der Waals surface area contributed by atoms with Gasteiger partial charge in [-0.05, 0) is 60.3 Å². The highest BCUT2D eigenvalue weighted by atomic mass is 16.5. The van der Waals surface area contributed by atoms with E-state index < -0.39 is 0 Å². The second kappa shape index (κ2) is 7.34. The summed E-state index contributed by atoms with van der Waals surface area (Å²) >= 11 is 0. The smallest absolute Gasteiger partial charge is 0.0888 e. The van der Waals surface area contributed by atoms with Crippen molar-refractivity contribution in [2.24, 2.45) is 0 Å². The lowest BCUT2D eigenvalue weighted by Gasteiger charge is -2.32. The molecule has 4 nitrogen and oxygen atoms in total. The Hall–Kier alpha value is -0.970. The summed E-state index contributed by atoms with van der Waals surface area (Å²) in [5.74, 6) is 0. The van der Waals surface area contributed by atoms with E-state index in [1.54, 1.807) is 0 Å². The number of ether oxygens (including phenoxy) is 1. The van der Waals surface area contributed by atoms with Gasteiger partial charge in [0.2, 0.25) is 0 Å². The number of likely N-dealkylation sites (N-methyl/N-ethyl adjacent to an activating group) is 1. The summed E-state index contributed by atoms with van der Waals surface area (Å²) in [5, 5.41) is 3.46. The number of nitrogens with zero attached hydrogens (tertiary/aromatic N) is 2. The molecule has 0 aliphatic heterocycles. The average Bonchev–Trinajstić information content (AvgIpc) is 2.36. The third kappa shape index (κ3) is 7.02. The molecule has 1 N–H and O–H groups in total. The summed E-state index contributed by atoms with van der Waals surface area (Å²) < 4.78 is 5.78. The van der Waals surface area contributed by atoms with Crippen molar-refractivity contribution in [1.29, 1.82) is 0 Å². The van der Waals surface area contributed by atoms with Crippen molar-refractivity contribution >= 4 is 0 Å². The van der Waals surface area contributed by atoms with E-state index in [0.29, 0.717) is 13.2 Å². The standard InChI is InChI=1S/C17H31N3O/c1-16(2,3)19-11-14-8-9-15(18-10-14)12-21-13-17(4,5)20(6)7/h8-10,19H,11-13H2,1-7H3. The van der Waals surface area contributed by atoms with Gasteiger partial charge >= 0.3 is 0 Å². The molecule has 1 heterocycles. The van der Waals surface area contributed by atoms with Crippen LogP contribution in [0.1, 0.15) is 45.9 Å². The normalized spacial score (nSPS) is 13.0. The fourth-order valence-electron chi connectivity index (χ4n) is 1.55. The van der Waals surface area contributed by atoms with Gasteiger partial charge in [0.05, 0.1) is 18.9 Å². The van der Waals surface area contributed by atoms with Crippen LogP contribution in [0.3, 0.4) is 0 Å². The zero-order valence-corrected chi connectivity index (χ0v) is 14.7. The topological polar surface area (TPSA) is 37.4 Å². The lowest BCUT2D eigenvalue weighted by atomic mass is 10.1. The molecule has 4 heteroatoms. The van der Waals surface area contributed by atoms with Crippen LogP contribution in [-0.2, 0) is 17.9 Å². The molecule has 21 heavy (non-hydrogen) atoms. The van der Waals surface area contributed by atoms with Gasteiger partial charge in [-0.2, -0.15) is 0 Å². The van der Waals surface area contributed by atoms with Crippen molar-refractivity contribution in [2.45, 2.75) is 58.8 Å². The fourth-order valence-corrected chi connectivity index (χ4v) is 1.55. The highest BCUT2D eigenvalue weighted by Gasteiger charge is 2.20. The molecule has 0 amide bonds. The Kier molecular flexibility index (Phi) is 6.32. The van der Waals surface area contributed by atoms with Crippen molar-refractivity contribution in [2.75, 3.05) is 20.7 Å². The summed E-state index contributed by atoms with van der Waals surface area (Å²) in [4.78, 5) is 6.63. The molecule has 0 aromatic carbocycles. The Morgan fingerprint density at radius 2 is 1.81 bits per heavy atom. The fraction of sp³-hybridized carbons (Fsp3) is 0.706. The predicted molar refractivity (Wildman–Crippen MR) is 88.3 cm³/mol. The Morgan fingerprint density at radius 3 is 2.29 bits per heavy atom. The number of hydrogen-bond acceptors (Lipinski definition) is 4. The molecular weight excluding hydrogens is 262 g/mol. The molecule has 0 bridgehead atoms. The van der Waals surface area contributed by atoms with Crippen LogP contribution >= 0.6 is 0 Å². The third-order valence-electron chi connectivity index (χ3n) is 3.62. The van der Waals surface area contributed by atoms with E-state index in [1.165, 1.54) is 5.56 Å². The maximum Gasteiger partial charge on any atom is 0.0888 e. The average molecular weight is 293 g/mol. The minimum Gasteiger partial charge on any atom is -0.373 e. The zero-order valence-electron chi connectivity index (χ0n) is 14.7. The summed E-state index contributed by atoms with van der Waals surface area (Å²) in [7, 11) is 4.14. The van der Waals surface area contributed by atoms with Crippen LogP contribution in [0.5, 0.6) is 0 Å². The van der Waals surface area contributed by atoms with E-state index in [0.717, 1.165) is 12.2 Å². The first-order chi connectivity index (χ1) is 9.60. The molecule has 0 fully saturated rings. The van der Waals surface area contributed by atoms with Gasteiger partial charge in [-0.25, -0.2) is 0 Å². The van der Waals surface area contributed by atoms with Gasteiger partial charge < -0.3 is 15.0 Å². The van der Waals surface area contributed by atoms with E-state index in [1.807, 2.05) is 12.3 Å². The van der Waals surface area contributed by atoms with E-state index in [-0.39, 0.29) is 11.1 Å². The van der Waals surface area contributed by atoms with Gasteiger partial charge in [-0.1, -0.05) is 6.07 Å². The summed E-state index contributed by atoms with van der Waals surface area (Å²) in [6.07, 6.45) is 1.93. The Balaban J connectivity index is 2.41. The first-order valence-corrected chi connectivity index (χ1v) is 7.54. The SMILES string of the molecule is CN(C)C(C)(C)COCc1ccc(CNC(C)(C)C)cn1. The maximum atomic E-state index is 5.78. The molecule has 1 aromatic rings. The van der Waals surface area contributed by atoms with Crippen molar-refractivity contribution < 1.29 is 4.74 Å². The predicted octanol–water partition coefficient (Wildman–Crippen LogP) is 2.83. The molecule has 0 aliphatic rings. The van der Waals surface area contributed by atoms with Gasteiger partial charge in [0.25, 0.3) is 0 Å². The molecule has 0 aliphatic carbocycles. The van der Waals surface area contributed by atoms with E-state index in [2.05, 4.69) is 70.0 Å². The van der Waals surface area contributed by atoms with Crippen LogP contribution in [0.4, 0.5) is 0 Å². The summed E-state index contributed by atoms with van der Waals surface area (Å²) in [5.41, 5.74) is 2.34. The quantitative estimate of drug-likeness (QED) is 0.839.